The SMILES string of the molecule is Cc1nc(CN2CCN(C(=O)NCCOc3cccc(F)c3)CC2)cs1. The van der Waals surface area contributed by atoms with Gasteiger partial charge in [-0.1, -0.05) is 6.07 Å². The van der Waals surface area contributed by atoms with Crippen molar-refractivity contribution in [3.05, 3.63) is 46.2 Å². The third kappa shape index (κ3) is 5.40. The minimum atomic E-state index is -0.336. The summed E-state index contributed by atoms with van der Waals surface area (Å²) in [7, 11) is 0. The lowest BCUT2D eigenvalue weighted by atomic mass is 10.3. The third-order valence-electron chi connectivity index (χ3n) is 4.15. The number of urea groups is 1. The number of amides is 2. The first-order chi connectivity index (χ1) is 12.6. The van der Waals surface area contributed by atoms with Gasteiger partial charge in [-0.25, -0.2) is 14.2 Å². The molecule has 1 saturated heterocycles. The Kier molecular flexibility index (Phi) is 6.40. The standard InChI is InChI=1S/C18H23FN4O2S/c1-14-21-16(13-26-14)12-22-6-8-23(9-7-22)18(24)20-5-10-25-17-4-2-3-15(19)11-17/h2-4,11,13H,5-10,12H2,1H3,(H,20,24). The Balaban J connectivity index is 1.33. The average Bonchev–Trinajstić information content (AvgIpc) is 3.04. The first-order valence-electron chi connectivity index (χ1n) is 8.64. The van der Waals surface area contributed by atoms with Gasteiger partial charge in [-0.2, -0.15) is 0 Å². The summed E-state index contributed by atoms with van der Waals surface area (Å²) in [6.45, 7) is 6.59. The Morgan fingerprint density at radius 1 is 1.35 bits per heavy atom. The van der Waals surface area contributed by atoms with Crippen LogP contribution < -0.4 is 10.1 Å². The molecule has 1 aliphatic heterocycles. The maximum absolute atomic E-state index is 13.1. The van der Waals surface area contributed by atoms with Crippen molar-refractivity contribution in [2.45, 2.75) is 13.5 Å². The van der Waals surface area contributed by atoms with Crippen LogP contribution in [0.2, 0.25) is 0 Å². The number of carbonyl (C=O) groups is 1. The van der Waals surface area contributed by atoms with Crippen LogP contribution in [0.3, 0.4) is 0 Å². The highest BCUT2D eigenvalue weighted by atomic mass is 32.1. The van der Waals surface area contributed by atoms with Crippen molar-refractivity contribution < 1.29 is 13.9 Å². The normalized spacial score (nSPS) is 15.1. The summed E-state index contributed by atoms with van der Waals surface area (Å²) in [4.78, 5) is 20.8. The van der Waals surface area contributed by atoms with E-state index < -0.39 is 0 Å². The fraction of sp³-hybridized carbons (Fsp3) is 0.444. The number of hydrogen-bond acceptors (Lipinski definition) is 5. The van der Waals surface area contributed by atoms with Gasteiger partial charge in [-0.15, -0.1) is 11.3 Å². The van der Waals surface area contributed by atoms with Crippen molar-refractivity contribution in [2.24, 2.45) is 0 Å². The monoisotopic (exact) mass is 378 g/mol. The highest BCUT2D eigenvalue weighted by molar-refractivity contribution is 7.09. The number of carbonyl (C=O) groups excluding carboxylic acids is 1. The van der Waals surface area contributed by atoms with Gasteiger partial charge in [0.2, 0.25) is 0 Å². The number of rotatable bonds is 6. The number of aryl methyl sites for hydroxylation is 1. The van der Waals surface area contributed by atoms with Crippen molar-refractivity contribution >= 4 is 17.4 Å². The molecule has 1 aromatic carbocycles. The van der Waals surface area contributed by atoms with E-state index in [9.17, 15) is 9.18 Å². The molecule has 0 spiro atoms. The van der Waals surface area contributed by atoms with Gasteiger partial charge in [0.25, 0.3) is 0 Å². The number of ether oxygens (including phenoxy) is 1. The summed E-state index contributed by atoms with van der Waals surface area (Å²) >= 11 is 1.66. The lowest BCUT2D eigenvalue weighted by molar-refractivity contribution is 0.133. The molecule has 0 unspecified atom stereocenters. The zero-order valence-electron chi connectivity index (χ0n) is 14.8. The van der Waals surface area contributed by atoms with E-state index >= 15 is 0 Å². The highest BCUT2D eigenvalue weighted by Crippen LogP contribution is 2.13. The molecular weight excluding hydrogens is 355 g/mol. The topological polar surface area (TPSA) is 57.7 Å². The molecular formula is C18H23FN4O2S. The second-order valence-corrected chi connectivity index (χ2v) is 7.22. The number of hydrogen-bond donors (Lipinski definition) is 1. The largest absolute Gasteiger partial charge is 0.492 e. The molecule has 1 N–H and O–H groups in total. The number of benzene rings is 1. The van der Waals surface area contributed by atoms with E-state index in [1.165, 1.54) is 12.1 Å². The van der Waals surface area contributed by atoms with Gasteiger partial charge in [-0.3, -0.25) is 4.90 Å². The van der Waals surface area contributed by atoms with Crippen LogP contribution in [0, 0.1) is 12.7 Å². The zero-order chi connectivity index (χ0) is 18.4. The lowest BCUT2D eigenvalue weighted by Crippen LogP contribution is -2.51. The quantitative estimate of drug-likeness (QED) is 0.785. The van der Waals surface area contributed by atoms with Crippen LogP contribution in [0.1, 0.15) is 10.7 Å². The maximum Gasteiger partial charge on any atom is 0.317 e. The molecule has 2 heterocycles. The Hall–Kier alpha value is -2.19. The summed E-state index contributed by atoms with van der Waals surface area (Å²) in [5, 5.41) is 6.02. The lowest BCUT2D eigenvalue weighted by Gasteiger charge is -2.34. The predicted octanol–water partition coefficient (Wildman–Crippen LogP) is 2.50. The Bertz CT molecular complexity index is 731. The van der Waals surface area contributed by atoms with Crippen molar-refractivity contribution in [3.8, 4) is 5.75 Å². The molecule has 0 radical (unpaired) electrons. The van der Waals surface area contributed by atoms with Crippen molar-refractivity contribution in [2.75, 3.05) is 39.3 Å². The van der Waals surface area contributed by atoms with Crippen LogP contribution in [-0.2, 0) is 6.54 Å². The maximum atomic E-state index is 13.1. The van der Waals surface area contributed by atoms with Crippen LogP contribution in [0.4, 0.5) is 9.18 Å². The molecule has 1 aromatic heterocycles. The minimum absolute atomic E-state index is 0.0861. The van der Waals surface area contributed by atoms with Crippen LogP contribution in [0.25, 0.3) is 0 Å². The molecule has 6 nitrogen and oxygen atoms in total. The molecule has 2 aromatic rings. The number of nitrogens with one attached hydrogen (secondary N) is 1. The molecule has 1 aliphatic rings. The van der Waals surface area contributed by atoms with Crippen molar-refractivity contribution in [1.82, 2.24) is 20.1 Å². The molecule has 0 saturated carbocycles. The highest BCUT2D eigenvalue weighted by Gasteiger charge is 2.21. The van der Waals surface area contributed by atoms with E-state index in [0.29, 0.717) is 32.0 Å². The fourth-order valence-corrected chi connectivity index (χ4v) is 3.42. The second kappa shape index (κ2) is 8.95. The number of aromatic nitrogens is 1. The van der Waals surface area contributed by atoms with Crippen molar-refractivity contribution in [1.29, 1.82) is 0 Å². The fourth-order valence-electron chi connectivity index (χ4n) is 2.81. The summed E-state index contributed by atoms with van der Waals surface area (Å²) in [6, 6.07) is 5.88. The van der Waals surface area contributed by atoms with E-state index in [0.717, 1.165) is 30.3 Å². The van der Waals surface area contributed by atoms with E-state index in [1.54, 1.807) is 23.5 Å². The zero-order valence-corrected chi connectivity index (χ0v) is 15.6. The number of nitrogens with zero attached hydrogens (tertiary/aromatic N) is 3. The number of halogens is 1. The molecule has 0 bridgehead atoms. The number of piperazine rings is 1. The van der Waals surface area contributed by atoms with E-state index in [2.05, 4.69) is 20.6 Å². The molecule has 3 rings (SSSR count). The summed E-state index contributed by atoms with van der Waals surface area (Å²) in [5.41, 5.74) is 1.10. The van der Waals surface area contributed by atoms with E-state index in [1.807, 2.05) is 11.8 Å². The van der Waals surface area contributed by atoms with Gasteiger partial charge >= 0.3 is 6.03 Å². The number of thiazole rings is 1. The van der Waals surface area contributed by atoms with E-state index in [-0.39, 0.29) is 11.8 Å². The van der Waals surface area contributed by atoms with Crippen LogP contribution in [0.15, 0.2) is 29.6 Å². The summed E-state index contributed by atoms with van der Waals surface area (Å²) in [5.74, 6) is 0.127. The molecule has 26 heavy (non-hydrogen) atoms. The summed E-state index contributed by atoms with van der Waals surface area (Å²) < 4.78 is 18.5. The minimum Gasteiger partial charge on any atom is -0.492 e. The Morgan fingerprint density at radius 3 is 2.85 bits per heavy atom. The van der Waals surface area contributed by atoms with Crippen LogP contribution in [0.5, 0.6) is 5.75 Å². The molecule has 8 heteroatoms. The molecule has 1 fully saturated rings. The van der Waals surface area contributed by atoms with Crippen LogP contribution in [-0.4, -0.2) is 60.1 Å². The molecule has 0 atom stereocenters. The van der Waals surface area contributed by atoms with Gasteiger partial charge in [0.15, 0.2) is 0 Å². The molecule has 2 amide bonds. The Labute approximate surface area is 156 Å². The first-order valence-corrected chi connectivity index (χ1v) is 9.52. The van der Waals surface area contributed by atoms with Gasteiger partial charge in [-0.05, 0) is 19.1 Å². The van der Waals surface area contributed by atoms with Gasteiger partial charge in [0.05, 0.1) is 17.2 Å². The molecule has 0 aliphatic carbocycles. The molecule has 140 valence electrons. The summed E-state index contributed by atoms with van der Waals surface area (Å²) in [6.07, 6.45) is 0. The first kappa shape index (κ1) is 18.6. The van der Waals surface area contributed by atoms with Crippen molar-refractivity contribution in [3.63, 3.8) is 0 Å². The second-order valence-electron chi connectivity index (χ2n) is 6.16. The van der Waals surface area contributed by atoms with E-state index in [4.69, 9.17) is 4.74 Å². The van der Waals surface area contributed by atoms with Gasteiger partial charge in [0.1, 0.15) is 18.2 Å². The van der Waals surface area contributed by atoms with Gasteiger partial charge in [0, 0.05) is 44.2 Å². The average molecular weight is 378 g/mol. The third-order valence-corrected chi connectivity index (χ3v) is 4.98. The van der Waals surface area contributed by atoms with Gasteiger partial charge < -0.3 is 15.0 Å². The Morgan fingerprint density at radius 2 is 2.15 bits per heavy atom. The van der Waals surface area contributed by atoms with Crippen LogP contribution >= 0.6 is 11.3 Å². The predicted molar refractivity (Wildman–Crippen MR) is 99.0 cm³/mol. The smallest absolute Gasteiger partial charge is 0.317 e.